The van der Waals surface area contributed by atoms with Crippen molar-refractivity contribution in [1.29, 1.82) is 0 Å². The molecule has 2 aliphatic heterocycles. The highest BCUT2D eigenvalue weighted by Gasteiger charge is 2.45. The number of hydrogen-bond donors (Lipinski definition) is 1. The third-order valence-corrected chi connectivity index (χ3v) is 5.01. The standard InChI is InChI=1S/C15H19F2NO/c1-18-10-3-5-15(18)12(8-19)11(7-10)9-2-4-13(16)14(17)6-9/h2,4,6,10-12,15,19H,3,5,7-8H2,1H3/t10-,11+,12+,15+/m0/s1. The van der Waals surface area contributed by atoms with E-state index < -0.39 is 11.6 Å². The number of benzene rings is 1. The van der Waals surface area contributed by atoms with Crippen LogP contribution in [-0.2, 0) is 0 Å². The number of hydrogen-bond acceptors (Lipinski definition) is 2. The van der Waals surface area contributed by atoms with Gasteiger partial charge in [-0.15, -0.1) is 0 Å². The van der Waals surface area contributed by atoms with Gasteiger partial charge in [-0.2, -0.15) is 0 Å². The van der Waals surface area contributed by atoms with Gasteiger partial charge in [-0.3, -0.25) is 0 Å². The van der Waals surface area contributed by atoms with Crippen molar-refractivity contribution in [3.05, 3.63) is 35.4 Å². The Bertz CT molecular complexity index is 479. The second-order valence-corrected chi connectivity index (χ2v) is 5.83. The number of piperidine rings is 1. The molecule has 0 aromatic heterocycles. The maximum Gasteiger partial charge on any atom is 0.159 e. The normalized spacial score (nSPS) is 34.7. The Morgan fingerprint density at radius 1 is 1.26 bits per heavy atom. The van der Waals surface area contributed by atoms with Crippen LogP contribution in [0.15, 0.2) is 18.2 Å². The van der Waals surface area contributed by atoms with Crippen LogP contribution in [0.4, 0.5) is 8.78 Å². The Labute approximate surface area is 112 Å². The molecular weight excluding hydrogens is 248 g/mol. The first-order valence-corrected chi connectivity index (χ1v) is 6.89. The Kier molecular flexibility index (Phi) is 3.31. The van der Waals surface area contributed by atoms with Gasteiger partial charge in [0.15, 0.2) is 11.6 Å². The summed E-state index contributed by atoms with van der Waals surface area (Å²) in [6.45, 7) is 0.103. The molecular formula is C15H19F2NO. The molecule has 2 saturated heterocycles. The van der Waals surface area contributed by atoms with Crippen LogP contribution >= 0.6 is 0 Å². The monoisotopic (exact) mass is 267 g/mol. The Morgan fingerprint density at radius 3 is 2.74 bits per heavy atom. The minimum absolute atomic E-state index is 0.103. The molecule has 2 fully saturated rings. The molecule has 1 N–H and O–H groups in total. The first-order valence-electron chi connectivity index (χ1n) is 6.89. The molecule has 1 aromatic rings. The highest BCUT2D eigenvalue weighted by atomic mass is 19.2. The van der Waals surface area contributed by atoms with Gasteiger partial charge in [-0.1, -0.05) is 6.07 Å². The molecule has 0 radical (unpaired) electrons. The second-order valence-electron chi connectivity index (χ2n) is 5.83. The van der Waals surface area contributed by atoms with Gasteiger partial charge in [0.05, 0.1) is 0 Å². The largest absolute Gasteiger partial charge is 0.396 e. The predicted octanol–water partition coefficient (Wildman–Crippen LogP) is 2.52. The van der Waals surface area contributed by atoms with Crippen LogP contribution in [0.1, 0.15) is 30.7 Å². The summed E-state index contributed by atoms with van der Waals surface area (Å²) in [4.78, 5) is 2.34. The van der Waals surface area contributed by atoms with E-state index in [9.17, 15) is 13.9 Å². The summed E-state index contributed by atoms with van der Waals surface area (Å²) in [5.41, 5.74) is 0.822. The first kappa shape index (κ1) is 13.0. The molecule has 3 rings (SSSR count). The van der Waals surface area contributed by atoms with E-state index in [-0.39, 0.29) is 18.4 Å². The quantitative estimate of drug-likeness (QED) is 0.890. The van der Waals surface area contributed by atoms with Crippen LogP contribution in [0.2, 0.25) is 0 Å². The van der Waals surface area contributed by atoms with Gasteiger partial charge < -0.3 is 10.0 Å². The summed E-state index contributed by atoms with van der Waals surface area (Å²) >= 11 is 0. The Hall–Kier alpha value is -1.00. The van der Waals surface area contributed by atoms with Gasteiger partial charge in [0.25, 0.3) is 0 Å². The number of fused-ring (bicyclic) bond motifs is 2. The van der Waals surface area contributed by atoms with Crippen molar-refractivity contribution in [3.8, 4) is 0 Å². The van der Waals surface area contributed by atoms with Crippen LogP contribution in [0.25, 0.3) is 0 Å². The molecule has 0 aliphatic carbocycles. The van der Waals surface area contributed by atoms with Gasteiger partial charge in [0.1, 0.15) is 0 Å². The molecule has 2 bridgehead atoms. The smallest absolute Gasteiger partial charge is 0.159 e. The van der Waals surface area contributed by atoms with Gasteiger partial charge in [0, 0.05) is 24.6 Å². The van der Waals surface area contributed by atoms with Crippen molar-refractivity contribution in [1.82, 2.24) is 4.90 Å². The molecule has 0 amide bonds. The van der Waals surface area contributed by atoms with E-state index >= 15 is 0 Å². The van der Waals surface area contributed by atoms with Crippen LogP contribution in [0.5, 0.6) is 0 Å². The molecule has 2 heterocycles. The zero-order valence-corrected chi connectivity index (χ0v) is 11.0. The number of halogens is 2. The van der Waals surface area contributed by atoms with E-state index in [4.69, 9.17) is 0 Å². The summed E-state index contributed by atoms with van der Waals surface area (Å²) in [5, 5.41) is 9.69. The Morgan fingerprint density at radius 2 is 2.05 bits per heavy atom. The van der Waals surface area contributed by atoms with E-state index in [1.54, 1.807) is 6.07 Å². The number of nitrogens with zero attached hydrogens (tertiary/aromatic N) is 1. The summed E-state index contributed by atoms with van der Waals surface area (Å²) in [7, 11) is 2.10. The molecule has 0 saturated carbocycles. The van der Waals surface area contributed by atoms with Crippen LogP contribution in [0.3, 0.4) is 0 Å². The third-order valence-electron chi connectivity index (χ3n) is 5.01. The van der Waals surface area contributed by atoms with Gasteiger partial charge in [-0.05, 0) is 49.9 Å². The molecule has 19 heavy (non-hydrogen) atoms. The molecule has 4 heteroatoms. The fourth-order valence-electron chi connectivity index (χ4n) is 3.95. The highest BCUT2D eigenvalue weighted by Crippen LogP contribution is 2.45. The van der Waals surface area contributed by atoms with Crippen molar-refractivity contribution in [2.24, 2.45) is 5.92 Å². The maximum atomic E-state index is 13.4. The molecule has 1 aromatic carbocycles. The van der Waals surface area contributed by atoms with Crippen LogP contribution in [-0.4, -0.2) is 35.7 Å². The van der Waals surface area contributed by atoms with E-state index in [1.165, 1.54) is 12.1 Å². The Balaban J connectivity index is 1.93. The number of aliphatic hydroxyl groups is 1. The maximum absolute atomic E-state index is 13.4. The average Bonchev–Trinajstić information content (AvgIpc) is 2.65. The van der Waals surface area contributed by atoms with Crippen LogP contribution < -0.4 is 0 Å². The topological polar surface area (TPSA) is 23.5 Å². The molecule has 4 atom stereocenters. The lowest BCUT2D eigenvalue weighted by Crippen LogP contribution is -2.47. The third kappa shape index (κ3) is 2.07. The van der Waals surface area contributed by atoms with Crippen molar-refractivity contribution < 1.29 is 13.9 Å². The predicted molar refractivity (Wildman–Crippen MR) is 68.9 cm³/mol. The molecule has 2 nitrogen and oxygen atoms in total. The summed E-state index contributed by atoms with van der Waals surface area (Å²) < 4.78 is 26.4. The van der Waals surface area contributed by atoms with Crippen molar-refractivity contribution in [3.63, 3.8) is 0 Å². The van der Waals surface area contributed by atoms with Gasteiger partial charge >= 0.3 is 0 Å². The zero-order chi connectivity index (χ0) is 13.6. The molecule has 2 aliphatic rings. The summed E-state index contributed by atoms with van der Waals surface area (Å²) in [6.07, 6.45) is 3.15. The van der Waals surface area contributed by atoms with Crippen molar-refractivity contribution >= 4 is 0 Å². The number of aliphatic hydroxyl groups excluding tert-OH is 1. The molecule has 104 valence electrons. The fourth-order valence-corrected chi connectivity index (χ4v) is 3.95. The lowest BCUT2D eigenvalue weighted by Gasteiger charge is -2.42. The minimum atomic E-state index is -0.805. The van der Waals surface area contributed by atoms with E-state index in [2.05, 4.69) is 11.9 Å². The SMILES string of the molecule is CN1[C@H]2CC[C@@H]1[C@H](CO)[C@@H](c1ccc(F)c(F)c1)C2. The van der Waals surface area contributed by atoms with Crippen molar-refractivity contribution in [2.45, 2.75) is 37.3 Å². The lowest BCUT2D eigenvalue weighted by molar-refractivity contribution is 0.0591. The minimum Gasteiger partial charge on any atom is -0.396 e. The van der Waals surface area contributed by atoms with Crippen LogP contribution in [0, 0.1) is 17.6 Å². The number of rotatable bonds is 2. The van der Waals surface area contributed by atoms with E-state index in [0.717, 1.165) is 24.8 Å². The summed E-state index contributed by atoms with van der Waals surface area (Å²) in [6, 6.07) is 5.02. The molecule has 0 unspecified atom stereocenters. The van der Waals surface area contributed by atoms with Gasteiger partial charge in [0.2, 0.25) is 0 Å². The van der Waals surface area contributed by atoms with E-state index in [0.29, 0.717) is 12.1 Å². The van der Waals surface area contributed by atoms with Gasteiger partial charge in [-0.25, -0.2) is 8.78 Å². The zero-order valence-electron chi connectivity index (χ0n) is 11.0. The fraction of sp³-hybridized carbons (Fsp3) is 0.600. The lowest BCUT2D eigenvalue weighted by atomic mass is 9.76. The average molecular weight is 267 g/mol. The van der Waals surface area contributed by atoms with E-state index in [1.807, 2.05) is 0 Å². The second kappa shape index (κ2) is 4.84. The summed E-state index contributed by atoms with van der Waals surface area (Å²) in [5.74, 6) is -1.34. The van der Waals surface area contributed by atoms with Crippen molar-refractivity contribution in [2.75, 3.05) is 13.7 Å². The molecule has 0 spiro atoms. The highest BCUT2D eigenvalue weighted by molar-refractivity contribution is 5.25. The first-order chi connectivity index (χ1) is 9.11.